The van der Waals surface area contributed by atoms with Crippen LogP contribution in [0.1, 0.15) is 5.82 Å². The Morgan fingerprint density at radius 2 is 2.16 bits per heavy atom. The maximum absolute atomic E-state index is 9.28. The summed E-state index contributed by atoms with van der Waals surface area (Å²) in [7, 11) is 0. The quantitative estimate of drug-likeness (QED) is 0.679. The molecular weight excluding hydrogens is 324 g/mol. The standard InChI is InChI=1S/C15H12N8O2/c16-7-10(15-19-21-22-20-15)8-18-11-5-13-14(25-4-3-24-13)6-12(11)23-2-1-17-9-23/h1-2,5-6,8-9,18H,3-4H2,(H,19,20,21,22). The molecule has 0 fully saturated rings. The van der Waals surface area contributed by atoms with Crippen LogP contribution in [-0.2, 0) is 0 Å². The summed E-state index contributed by atoms with van der Waals surface area (Å²) in [6, 6.07) is 5.69. The van der Waals surface area contributed by atoms with Gasteiger partial charge in [0.15, 0.2) is 11.5 Å². The van der Waals surface area contributed by atoms with E-state index in [1.165, 1.54) is 6.20 Å². The predicted molar refractivity (Wildman–Crippen MR) is 85.9 cm³/mol. The van der Waals surface area contributed by atoms with E-state index in [2.05, 4.69) is 30.9 Å². The molecule has 2 N–H and O–H groups in total. The molecule has 4 rings (SSSR count). The number of hydrogen-bond acceptors (Lipinski definition) is 8. The first-order valence-corrected chi connectivity index (χ1v) is 7.38. The highest BCUT2D eigenvalue weighted by atomic mass is 16.6. The molecule has 2 aromatic heterocycles. The fourth-order valence-electron chi connectivity index (χ4n) is 2.38. The van der Waals surface area contributed by atoms with Gasteiger partial charge >= 0.3 is 0 Å². The molecule has 0 bridgehead atoms. The number of imidazole rings is 1. The van der Waals surface area contributed by atoms with E-state index in [4.69, 9.17) is 9.47 Å². The van der Waals surface area contributed by atoms with Crippen LogP contribution in [0.2, 0.25) is 0 Å². The molecule has 0 atom stereocenters. The van der Waals surface area contributed by atoms with Gasteiger partial charge in [-0.1, -0.05) is 0 Å². The van der Waals surface area contributed by atoms with E-state index in [9.17, 15) is 5.26 Å². The number of nitrogens with one attached hydrogen (secondary N) is 2. The number of benzene rings is 1. The number of nitriles is 1. The molecule has 124 valence electrons. The highest BCUT2D eigenvalue weighted by Gasteiger charge is 2.17. The largest absolute Gasteiger partial charge is 0.486 e. The second-order valence-electron chi connectivity index (χ2n) is 5.03. The van der Waals surface area contributed by atoms with Crippen LogP contribution in [0.25, 0.3) is 11.3 Å². The van der Waals surface area contributed by atoms with Crippen molar-refractivity contribution in [1.29, 1.82) is 5.26 Å². The van der Waals surface area contributed by atoms with Crippen molar-refractivity contribution in [3.63, 3.8) is 0 Å². The third kappa shape index (κ3) is 2.86. The molecular formula is C15H12N8O2. The Bertz CT molecular complexity index is 941. The smallest absolute Gasteiger partial charge is 0.216 e. The van der Waals surface area contributed by atoms with Gasteiger partial charge in [0.1, 0.15) is 24.9 Å². The van der Waals surface area contributed by atoms with Crippen molar-refractivity contribution in [3.8, 4) is 23.3 Å². The van der Waals surface area contributed by atoms with Gasteiger partial charge in [0.25, 0.3) is 0 Å². The Morgan fingerprint density at radius 3 is 2.84 bits per heavy atom. The minimum atomic E-state index is 0.205. The van der Waals surface area contributed by atoms with Gasteiger partial charge in [0.05, 0.1) is 17.7 Å². The lowest BCUT2D eigenvalue weighted by molar-refractivity contribution is 0.171. The summed E-state index contributed by atoms with van der Waals surface area (Å²) in [4.78, 5) is 4.07. The molecule has 1 aromatic carbocycles. The van der Waals surface area contributed by atoms with Gasteiger partial charge in [0.2, 0.25) is 5.82 Å². The Balaban J connectivity index is 1.74. The summed E-state index contributed by atoms with van der Waals surface area (Å²) in [5, 5.41) is 25.8. The predicted octanol–water partition coefficient (Wildman–Crippen LogP) is 1.13. The van der Waals surface area contributed by atoms with Crippen molar-refractivity contribution in [3.05, 3.63) is 42.9 Å². The molecule has 10 heteroatoms. The van der Waals surface area contributed by atoms with E-state index >= 15 is 0 Å². The summed E-state index contributed by atoms with van der Waals surface area (Å²) in [5.74, 6) is 1.49. The van der Waals surface area contributed by atoms with Crippen LogP contribution >= 0.6 is 0 Å². The lowest BCUT2D eigenvalue weighted by atomic mass is 10.2. The molecule has 0 unspecified atom stereocenters. The molecule has 0 amide bonds. The number of rotatable bonds is 4. The van der Waals surface area contributed by atoms with Gasteiger partial charge < -0.3 is 19.4 Å². The second kappa shape index (κ2) is 6.32. The Labute approximate surface area is 141 Å². The molecule has 3 heterocycles. The third-order valence-corrected chi connectivity index (χ3v) is 3.52. The molecule has 25 heavy (non-hydrogen) atoms. The van der Waals surface area contributed by atoms with Crippen molar-refractivity contribution in [1.82, 2.24) is 30.2 Å². The van der Waals surface area contributed by atoms with E-state index in [0.29, 0.717) is 30.4 Å². The Morgan fingerprint density at radius 1 is 1.32 bits per heavy atom. The fourth-order valence-corrected chi connectivity index (χ4v) is 2.38. The van der Waals surface area contributed by atoms with Crippen LogP contribution in [0.4, 0.5) is 5.69 Å². The van der Waals surface area contributed by atoms with Crippen molar-refractivity contribution in [2.75, 3.05) is 18.5 Å². The number of hydrogen-bond donors (Lipinski definition) is 2. The average molecular weight is 336 g/mol. The zero-order chi connectivity index (χ0) is 17.1. The van der Waals surface area contributed by atoms with Gasteiger partial charge in [-0.2, -0.15) is 10.5 Å². The second-order valence-corrected chi connectivity index (χ2v) is 5.03. The zero-order valence-corrected chi connectivity index (χ0v) is 12.9. The summed E-state index contributed by atoms with van der Waals surface area (Å²) >= 11 is 0. The number of tetrazole rings is 1. The monoisotopic (exact) mass is 336 g/mol. The van der Waals surface area contributed by atoms with E-state index in [0.717, 1.165) is 5.69 Å². The van der Waals surface area contributed by atoms with Crippen molar-refractivity contribution in [2.24, 2.45) is 0 Å². The molecule has 10 nitrogen and oxygen atoms in total. The third-order valence-electron chi connectivity index (χ3n) is 3.52. The first kappa shape index (κ1) is 14.7. The number of allylic oxidation sites excluding steroid dienone is 1. The van der Waals surface area contributed by atoms with Crippen LogP contribution < -0.4 is 14.8 Å². The minimum absolute atomic E-state index is 0.205. The maximum Gasteiger partial charge on any atom is 0.216 e. The Hall–Kier alpha value is -3.87. The van der Waals surface area contributed by atoms with Crippen LogP contribution in [0, 0.1) is 11.3 Å². The van der Waals surface area contributed by atoms with E-state index < -0.39 is 0 Å². The van der Waals surface area contributed by atoms with Crippen molar-refractivity contribution >= 4 is 11.3 Å². The van der Waals surface area contributed by atoms with Gasteiger partial charge in [-0.25, -0.2) is 4.98 Å². The molecule has 1 aliphatic heterocycles. The van der Waals surface area contributed by atoms with Crippen LogP contribution in [-0.4, -0.2) is 43.4 Å². The molecule has 0 spiro atoms. The summed E-state index contributed by atoms with van der Waals surface area (Å²) in [5.41, 5.74) is 1.74. The van der Waals surface area contributed by atoms with Gasteiger partial charge in [-0.05, 0) is 5.21 Å². The number of anilines is 1. The molecule has 1 aliphatic rings. The Kier molecular flexibility index (Phi) is 3.72. The number of aromatic nitrogens is 6. The summed E-state index contributed by atoms with van der Waals surface area (Å²) in [6.07, 6.45) is 6.67. The average Bonchev–Trinajstić information content (AvgIpc) is 3.35. The molecule has 0 saturated carbocycles. The lowest BCUT2D eigenvalue weighted by Crippen LogP contribution is -2.16. The molecule has 0 saturated heterocycles. The van der Waals surface area contributed by atoms with E-state index in [1.807, 2.05) is 29.0 Å². The number of fused-ring (bicyclic) bond motifs is 1. The highest BCUT2D eigenvalue weighted by molar-refractivity contribution is 5.76. The summed E-state index contributed by atoms with van der Waals surface area (Å²) < 4.78 is 13.1. The molecule has 0 aliphatic carbocycles. The topological polar surface area (TPSA) is 127 Å². The van der Waals surface area contributed by atoms with Gasteiger partial charge in [-0.3, -0.25) is 0 Å². The van der Waals surface area contributed by atoms with Crippen LogP contribution in [0.5, 0.6) is 11.5 Å². The van der Waals surface area contributed by atoms with Crippen LogP contribution in [0.3, 0.4) is 0 Å². The highest BCUT2D eigenvalue weighted by Crippen LogP contribution is 2.37. The number of H-pyrrole nitrogens is 1. The number of ether oxygens (including phenoxy) is 2. The lowest BCUT2D eigenvalue weighted by Gasteiger charge is -2.21. The fraction of sp³-hybridized carbons (Fsp3) is 0.133. The minimum Gasteiger partial charge on any atom is -0.486 e. The van der Waals surface area contributed by atoms with Crippen LogP contribution in [0.15, 0.2) is 37.1 Å². The first-order chi connectivity index (χ1) is 12.3. The summed E-state index contributed by atoms with van der Waals surface area (Å²) in [6.45, 7) is 0.985. The van der Waals surface area contributed by atoms with E-state index in [-0.39, 0.29) is 11.4 Å². The normalized spacial score (nSPS) is 13.3. The SMILES string of the molecule is N#CC(=CNc1cc2c(cc1-n1ccnc1)OCCO2)c1nn[nH]n1. The van der Waals surface area contributed by atoms with Gasteiger partial charge in [-0.15, -0.1) is 10.2 Å². The number of aromatic amines is 1. The van der Waals surface area contributed by atoms with Crippen molar-refractivity contribution in [2.45, 2.75) is 0 Å². The van der Waals surface area contributed by atoms with Crippen molar-refractivity contribution < 1.29 is 9.47 Å². The van der Waals surface area contributed by atoms with Gasteiger partial charge in [0, 0.05) is 30.7 Å². The number of nitrogens with zero attached hydrogens (tertiary/aromatic N) is 6. The maximum atomic E-state index is 9.28. The van der Waals surface area contributed by atoms with E-state index in [1.54, 1.807) is 12.5 Å². The zero-order valence-electron chi connectivity index (χ0n) is 12.9. The first-order valence-electron chi connectivity index (χ1n) is 7.38. The molecule has 0 radical (unpaired) electrons. The molecule has 3 aromatic rings.